The van der Waals surface area contributed by atoms with Crippen LogP contribution < -0.4 is 10.1 Å². The van der Waals surface area contributed by atoms with Crippen molar-refractivity contribution in [1.82, 2.24) is 5.32 Å². The number of amides is 2. The van der Waals surface area contributed by atoms with Crippen LogP contribution in [0, 0.1) is 13.8 Å². The van der Waals surface area contributed by atoms with Crippen molar-refractivity contribution < 1.29 is 23.9 Å². The lowest BCUT2D eigenvalue weighted by Gasteiger charge is -2.09. The highest BCUT2D eigenvalue weighted by Crippen LogP contribution is 2.16. The summed E-state index contributed by atoms with van der Waals surface area (Å²) >= 11 is 0. The molecule has 0 aliphatic carbocycles. The van der Waals surface area contributed by atoms with Crippen LogP contribution in [0.1, 0.15) is 31.8 Å². The number of benzene rings is 2. The van der Waals surface area contributed by atoms with Crippen molar-refractivity contribution in [1.29, 1.82) is 0 Å². The molecule has 0 aromatic heterocycles. The van der Waals surface area contributed by atoms with Gasteiger partial charge in [0.1, 0.15) is 5.75 Å². The number of methoxy groups -OCH3 is 1. The third-order valence-corrected chi connectivity index (χ3v) is 3.55. The molecule has 2 amide bonds. The number of para-hydroxylation sites is 1. The highest BCUT2D eigenvalue weighted by atomic mass is 16.5. The van der Waals surface area contributed by atoms with Gasteiger partial charge in [0.05, 0.1) is 18.2 Å². The lowest BCUT2D eigenvalue weighted by atomic mass is 10.1. The lowest BCUT2D eigenvalue weighted by molar-refractivity contribution is -0.123. The van der Waals surface area contributed by atoms with Gasteiger partial charge in [-0.2, -0.15) is 0 Å². The fraction of sp³-hybridized carbons (Fsp3) is 0.211. The summed E-state index contributed by atoms with van der Waals surface area (Å²) in [5.41, 5.74) is 2.28. The first-order valence-electron chi connectivity index (χ1n) is 7.64. The van der Waals surface area contributed by atoms with E-state index in [1.165, 1.54) is 13.2 Å². The van der Waals surface area contributed by atoms with Gasteiger partial charge in [-0.3, -0.25) is 14.9 Å². The third kappa shape index (κ3) is 4.67. The summed E-state index contributed by atoms with van der Waals surface area (Å²) in [6, 6.07) is 11.9. The SMILES string of the molecule is COc1ccccc1C(=O)NC(=O)COC(=O)c1cc(C)ccc1C. The molecule has 2 aromatic rings. The van der Waals surface area contributed by atoms with Crippen LogP contribution in [0.3, 0.4) is 0 Å². The van der Waals surface area contributed by atoms with Gasteiger partial charge in [0, 0.05) is 0 Å². The van der Waals surface area contributed by atoms with E-state index in [-0.39, 0.29) is 5.56 Å². The number of aryl methyl sites for hydroxylation is 2. The van der Waals surface area contributed by atoms with E-state index in [4.69, 9.17) is 9.47 Å². The molecule has 0 aliphatic rings. The van der Waals surface area contributed by atoms with Crippen LogP contribution in [0.15, 0.2) is 42.5 Å². The molecule has 0 radical (unpaired) electrons. The summed E-state index contributed by atoms with van der Waals surface area (Å²) in [5.74, 6) is -1.60. The van der Waals surface area contributed by atoms with Crippen LogP contribution in [0.5, 0.6) is 5.75 Å². The van der Waals surface area contributed by atoms with E-state index in [1.54, 1.807) is 37.3 Å². The van der Waals surface area contributed by atoms with Crippen molar-refractivity contribution in [2.24, 2.45) is 0 Å². The summed E-state index contributed by atoms with van der Waals surface area (Å²) in [6.45, 7) is 3.09. The molecular formula is C19H19NO5. The highest BCUT2D eigenvalue weighted by Gasteiger charge is 2.17. The number of carbonyl (C=O) groups excluding carboxylic acids is 3. The van der Waals surface area contributed by atoms with Gasteiger partial charge < -0.3 is 9.47 Å². The molecule has 2 rings (SSSR count). The lowest BCUT2D eigenvalue weighted by Crippen LogP contribution is -2.34. The van der Waals surface area contributed by atoms with Gasteiger partial charge in [0.2, 0.25) is 0 Å². The minimum Gasteiger partial charge on any atom is -0.496 e. The summed E-state index contributed by atoms with van der Waals surface area (Å²) in [4.78, 5) is 36.0. The van der Waals surface area contributed by atoms with E-state index in [2.05, 4.69) is 5.32 Å². The van der Waals surface area contributed by atoms with Crippen molar-refractivity contribution in [2.75, 3.05) is 13.7 Å². The van der Waals surface area contributed by atoms with Gasteiger partial charge in [0.25, 0.3) is 11.8 Å². The third-order valence-electron chi connectivity index (χ3n) is 3.55. The highest BCUT2D eigenvalue weighted by molar-refractivity contribution is 6.07. The van der Waals surface area contributed by atoms with E-state index in [1.807, 2.05) is 13.0 Å². The minimum absolute atomic E-state index is 0.221. The molecule has 0 bridgehead atoms. The maximum absolute atomic E-state index is 12.1. The molecule has 0 saturated heterocycles. The molecule has 0 aliphatic heterocycles. The van der Waals surface area contributed by atoms with Gasteiger partial charge in [-0.05, 0) is 37.6 Å². The molecule has 0 fully saturated rings. The van der Waals surface area contributed by atoms with E-state index >= 15 is 0 Å². The van der Waals surface area contributed by atoms with Crippen LogP contribution in [-0.4, -0.2) is 31.5 Å². The van der Waals surface area contributed by atoms with Gasteiger partial charge in [-0.25, -0.2) is 4.79 Å². The molecule has 0 unspecified atom stereocenters. The van der Waals surface area contributed by atoms with Crippen LogP contribution in [0.25, 0.3) is 0 Å². The molecule has 6 heteroatoms. The second-order valence-corrected chi connectivity index (χ2v) is 5.47. The van der Waals surface area contributed by atoms with Crippen LogP contribution in [-0.2, 0) is 9.53 Å². The maximum atomic E-state index is 12.1. The van der Waals surface area contributed by atoms with Crippen LogP contribution >= 0.6 is 0 Å². The number of ether oxygens (including phenoxy) is 2. The molecule has 130 valence electrons. The number of esters is 1. The molecule has 6 nitrogen and oxygen atoms in total. The first kappa shape index (κ1) is 18.2. The fourth-order valence-electron chi connectivity index (χ4n) is 2.23. The Morgan fingerprint density at radius 3 is 2.44 bits per heavy atom. The Labute approximate surface area is 145 Å². The quantitative estimate of drug-likeness (QED) is 0.845. The van der Waals surface area contributed by atoms with E-state index < -0.39 is 24.4 Å². The monoisotopic (exact) mass is 341 g/mol. The zero-order chi connectivity index (χ0) is 18.4. The van der Waals surface area contributed by atoms with Gasteiger partial charge in [-0.1, -0.05) is 29.8 Å². The zero-order valence-electron chi connectivity index (χ0n) is 14.3. The standard InChI is InChI=1S/C19H19NO5/c1-12-8-9-13(2)15(10-12)19(23)25-11-17(21)20-18(22)14-6-4-5-7-16(14)24-3/h4-10H,11H2,1-3H3,(H,20,21,22). The Bertz CT molecular complexity index is 813. The van der Waals surface area contributed by atoms with Gasteiger partial charge >= 0.3 is 5.97 Å². The average molecular weight is 341 g/mol. The Hall–Kier alpha value is -3.15. The Morgan fingerprint density at radius 2 is 1.72 bits per heavy atom. The second kappa shape index (κ2) is 8.10. The Balaban J connectivity index is 1.95. The average Bonchev–Trinajstić information content (AvgIpc) is 2.61. The van der Waals surface area contributed by atoms with Crippen molar-refractivity contribution in [3.05, 3.63) is 64.7 Å². The molecule has 1 N–H and O–H groups in total. The minimum atomic E-state index is -0.713. The number of hydrogen-bond acceptors (Lipinski definition) is 5. The Morgan fingerprint density at radius 1 is 1.00 bits per heavy atom. The molecule has 0 heterocycles. The molecular weight excluding hydrogens is 322 g/mol. The number of nitrogens with one attached hydrogen (secondary N) is 1. The van der Waals surface area contributed by atoms with Crippen molar-refractivity contribution >= 4 is 17.8 Å². The fourth-order valence-corrected chi connectivity index (χ4v) is 2.23. The largest absolute Gasteiger partial charge is 0.496 e. The normalized spacial score (nSPS) is 10.0. The van der Waals surface area contributed by atoms with Crippen LogP contribution in [0.2, 0.25) is 0 Å². The van der Waals surface area contributed by atoms with E-state index in [0.29, 0.717) is 11.3 Å². The van der Waals surface area contributed by atoms with Crippen molar-refractivity contribution in [3.63, 3.8) is 0 Å². The van der Waals surface area contributed by atoms with Gasteiger partial charge in [0.15, 0.2) is 6.61 Å². The smallest absolute Gasteiger partial charge is 0.338 e. The van der Waals surface area contributed by atoms with Crippen molar-refractivity contribution in [3.8, 4) is 5.75 Å². The summed E-state index contributed by atoms with van der Waals surface area (Å²) in [6.07, 6.45) is 0. The van der Waals surface area contributed by atoms with Crippen LogP contribution in [0.4, 0.5) is 0 Å². The maximum Gasteiger partial charge on any atom is 0.338 e. The second-order valence-electron chi connectivity index (χ2n) is 5.47. The predicted octanol–water partition coefficient (Wildman–Crippen LogP) is 2.43. The van der Waals surface area contributed by atoms with Gasteiger partial charge in [-0.15, -0.1) is 0 Å². The molecule has 25 heavy (non-hydrogen) atoms. The number of rotatable bonds is 5. The van der Waals surface area contributed by atoms with E-state index in [0.717, 1.165) is 11.1 Å². The topological polar surface area (TPSA) is 81.7 Å². The van der Waals surface area contributed by atoms with E-state index in [9.17, 15) is 14.4 Å². The van der Waals surface area contributed by atoms with Crippen molar-refractivity contribution in [2.45, 2.75) is 13.8 Å². The molecule has 2 aromatic carbocycles. The number of hydrogen-bond donors (Lipinski definition) is 1. The zero-order valence-corrected chi connectivity index (χ0v) is 14.3. The molecule has 0 atom stereocenters. The first-order chi connectivity index (χ1) is 11.9. The molecule has 0 spiro atoms. The molecule has 0 saturated carbocycles. The summed E-state index contributed by atoms with van der Waals surface area (Å²) < 4.78 is 10.1. The first-order valence-corrected chi connectivity index (χ1v) is 7.64. The predicted molar refractivity (Wildman–Crippen MR) is 91.7 cm³/mol. The Kier molecular flexibility index (Phi) is 5.89. The number of imide groups is 1. The number of carbonyl (C=O) groups is 3. The summed E-state index contributed by atoms with van der Waals surface area (Å²) in [7, 11) is 1.43. The summed E-state index contributed by atoms with van der Waals surface area (Å²) in [5, 5.41) is 2.17.